The summed E-state index contributed by atoms with van der Waals surface area (Å²) in [6, 6.07) is 0. The summed E-state index contributed by atoms with van der Waals surface area (Å²) < 4.78 is 16.8. The number of esters is 3. The van der Waals surface area contributed by atoms with Crippen molar-refractivity contribution < 1.29 is 28.6 Å². The molecule has 0 rings (SSSR count). The highest BCUT2D eigenvalue weighted by molar-refractivity contribution is 5.71. The van der Waals surface area contributed by atoms with Crippen molar-refractivity contribution in [2.24, 2.45) is 0 Å². The molecule has 0 heterocycles. The van der Waals surface area contributed by atoms with Crippen LogP contribution in [0.3, 0.4) is 0 Å². The van der Waals surface area contributed by atoms with E-state index in [0.29, 0.717) is 19.3 Å². The van der Waals surface area contributed by atoms with Crippen molar-refractivity contribution in [3.63, 3.8) is 0 Å². The first kappa shape index (κ1) is 64.8. The van der Waals surface area contributed by atoms with Gasteiger partial charge < -0.3 is 14.2 Å². The number of carbonyl (C=O) groups excluding carboxylic acids is 3. The standard InChI is InChI=1S/C62H108O6/c1-4-7-10-13-16-19-22-24-26-28-29-30-31-32-33-34-36-37-40-43-46-49-52-55-61(64)67-58-59(57-66-60(63)54-51-48-45-42-39-21-18-15-12-9-6-3)68-62(65)56-53-50-47-44-41-38-35-27-25-23-20-17-14-11-8-5-2/h7,10,16,19,24,26-27,29-30,32-33,35,59H,4-6,8-9,11-15,17-18,20-23,25,28,31,34,36-58H2,1-3H3/b10-7-,19-16-,26-24-,30-29-,33-32-,35-27-. The summed E-state index contributed by atoms with van der Waals surface area (Å²) in [7, 11) is 0. The van der Waals surface area contributed by atoms with E-state index in [-0.39, 0.29) is 31.1 Å². The molecule has 0 saturated carbocycles. The molecule has 1 atom stereocenters. The zero-order valence-corrected chi connectivity index (χ0v) is 44.9. The van der Waals surface area contributed by atoms with Gasteiger partial charge in [-0.05, 0) is 89.9 Å². The molecule has 68 heavy (non-hydrogen) atoms. The molecule has 6 nitrogen and oxygen atoms in total. The molecule has 0 aliphatic rings. The minimum atomic E-state index is -0.782. The average Bonchev–Trinajstić information content (AvgIpc) is 3.34. The summed E-state index contributed by atoms with van der Waals surface area (Å²) in [5.74, 6) is -0.892. The smallest absolute Gasteiger partial charge is 0.306 e. The molecule has 6 heteroatoms. The van der Waals surface area contributed by atoms with E-state index in [2.05, 4.69) is 93.7 Å². The lowest BCUT2D eigenvalue weighted by atomic mass is 10.1. The second kappa shape index (κ2) is 56.4. The Kier molecular flexibility index (Phi) is 53.8. The van der Waals surface area contributed by atoms with Crippen LogP contribution in [0.5, 0.6) is 0 Å². The first-order valence-corrected chi connectivity index (χ1v) is 28.9. The normalized spacial score (nSPS) is 12.6. The van der Waals surface area contributed by atoms with Crippen molar-refractivity contribution >= 4 is 17.9 Å². The van der Waals surface area contributed by atoms with Gasteiger partial charge in [-0.2, -0.15) is 0 Å². The predicted molar refractivity (Wildman–Crippen MR) is 293 cm³/mol. The van der Waals surface area contributed by atoms with Gasteiger partial charge in [-0.15, -0.1) is 0 Å². The van der Waals surface area contributed by atoms with Crippen molar-refractivity contribution in [3.05, 3.63) is 72.9 Å². The molecule has 0 amide bonds. The van der Waals surface area contributed by atoms with Crippen LogP contribution in [0.1, 0.15) is 284 Å². The van der Waals surface area contributed by atoms with E-state index in [4.69, 9.17) is 14.2 Å². The van der Waals surface area contributed by atoms with Gasteiger partial charge in [0.1, 0.15) is 13.2 Å². The number of hydrogen-bond donors (Lipinski definition) is 0. The van der Waals surface area contributed by atoms with Crippen LogP contribution in [-0.2, 0) is 28.6 Å². The SMILES string of the molecule is CC/C=C\C/C=C\C/C=C\C/C=C\C/C=C\CCCCCCCCCC(=O)OCC(COC(=O)CCCCCCCCCCCCC)OC(=O)CCCCCCC/C=C\CCCCCCCCC. The summed E-state index contributed by atoms with van der Waals surface area (Å²) >= 11 is 0. The fourth-order valence-corrected chi connectivity index (χ4v) is 8.11. The summed E-state index contributed by atoms with van der Waals surface area (Å²) in [4.78, 5) is 38.1. The van der Waals surface area contributed by atoms with Gasteiger partial charge >= 0.3 is 17.9 Å². The lowest BCUT2D eigenvalue weighted by Gasteiger charge is -2.18. The molecule has 0 aromatic rings. The molecule has 1 unspecified atom stereocenters. The molecule has 0 aliphatic heterocycles. The third-order valence-electron chi connectivity index (χ3n) is 12.4. The highest BCUT2D eigenvalue weighted by atomic mass is 16.6. The number of allylic oxidation sites excluding steroid dienone is 12. The molecule has 0 spiro atoms. The zero-order chi connectivity index (χ0) is 49.3. The van der Waals surface area contributed by atoms with E-state index in [9.17, 15) is 14.4 Å². The van der Waals surface area contributed by atoms with Crippen LogP contribution >= 0.6 is 0 Å². The van der Waals surface area contributed by atoms with Crippen LogP contribution in [-0.4, -0.2) is 37.2 Å². The van der Waals surface area contributed by atoms with Crippen molar-refractivity contribution in [1.29, 1.82) is 0 Å². The van der Waals surface area contributed by atoms with Gasteiger partial charge in [-0.25, -0.2) is 0 Å². The Balaban J connectivity index is 4.33. The van der Waals surface area contributed by atoms with Crippen LogP contribution in [0.2, 0.25) is 0 Å². The minimum absolute atomic E-state index is 0.0799. The average molecular weight is 950 g/mol. The monoisotopic (exact) mass is 949 g/mol. The molecule has 0 saturated heterocycles. The Labute approximate surface area is 421 Å². The van der Waals surface area contributed by atoms with E-state index in [1.807, 2.05) is 0 Å². The zero-order valence-electron chi connectivity index (χ0n) is 44.9. The molecule has 0 radical (unpaired) electrons. The molecule has 0 fully saturated rings. The minimum Gasteiger partial charge on any atom is -0.462 e. The summed E-state index contributed by atoms with van der Waals surface area (Å²) in [5, 5.41) is 0. The van der Waals surface area contributed by atoms with E-state index >= 15 is 0 Å². The Hall–Kier alpha value is -3.15. The van der Waals surface area contributed by atoms with Crippen molar-refractivity contribution in [2.75, 3.05) is 13.2 Å². The van der Waals surface area contributed by atoms with Crippen LogP contribution < -0.4 is 0 Å². The number of rotatable bonds is 52. The van der Waals surface area contributed by atoms with Gasteiger partial charge in [0.05, 0.1) is 0 Å². The Morgan fingerprint density at radius 2 is 0.574 bits per heavy atom. The van der Waals surface area contributed by atoms with E-state index in [0.717, 1.165) is 109 Å². The van der Waals surface area contributed by atoms with Gasteiger partial charge in [-0.3, -0.25) is 14.4 Å². The number of unbranched alkanes of at least 4 members (excludes halogenated alkanes) is 29. The third kappa shape index (κ3) is 53.8. The van der Waals surface area contributed by atoms with Crippen LogP contribution in [0, 0.1) is 0 Å². The topological polar surface area (TPSA) is 78.9 Å². The van der Waals surface area contributed by atoms with Crippen molar-refractivity contribution in [2.45, 2.75) is 290 Å². The van der Waals surface area contributed by atoms with Gasteiger partial charge in [0.25, 0.3) is 0 Å². The van der Waals surface area contributed by atoms with Gasteiger partial charge in [-0.1, -0.05) is 248 Å². The number of carbonyl (C=O) groups is 3. The number of hydrogen-bond acceptors (Lipinski definition) is 6. The largest absolute Gasteiger partial charge is 0.462 e. The quantitative estimate of drug-likeness (QED) is 0.0262. The molecular weight excluding hydrogens is 841 g/mol. The van der Waals surface area contributed by atoms with Gasteiger partial charge in [0.15, 0.2) is 6.10 Å². The molecular formula is C62H108O6. The van der Waals surface area contributed by atoms with Crippen LogP contribution in [0.4, 0.5) is 0 Å². The van der Waals surface area contributed by atoms with Crippen LogP contribution in [0.15, 0.2) is 72.9 Å². The fourth-order valence-electron chi connectivity index (χ4n) is 8.11. The van der Waals surface area contributed by atoms with Gasteiger partial charge in [0, 0.05) is 19.3 Å². The molecule has 0 N–H and O–H groups in total. The number of ether oxygens (including phenoxy) is 3. The van der Waals surface area contributed by atoms with E-state index in [1.54, 1.807) is 0 Å². The van der Waals surface area contributed by atoms with E-state index in [1.165, 1.54) is 135 Å². The maximum atomic E-state index is 12.8. The van der Waals surface area contributed by atoms with E-state index < -0.39 is 6.10 Å². The summed E-state index contributed by atoms with van der Waals surface area (Å²) in [6.07, 6.45) is 71.8. The maximum absolute atomic E-state index is 12.8. The predicted octanol–water partition coefficient (Wildman–Crippen LogP) is 19.4. The van der Waals surface area contributed by atoms with Gasteiger partial charge in [0.2, 0.25) is 0 Å². The maximum Gasteiger partial charge on any atom is 0.306 e. The Morgan fingerprint density at radius 1 is 0.309 bits per heavy atom. The molecule has 0 bridgehead atoms. The molecule has 0 aromatic heterocycles. The highest BCUT2D eigenvalue weighted by Crippen LogP contribution is 2.15. The summed E-state index contributed by atoms with van der Waals surface area (Å²) in [6.45, 7) is 6.52. The van der Waals surface area contributed by atoms with Crippen molar-refractivity contribution in [1.82, 2.24) is 0 Å². The lowest BCUT2D eigenvalue weighted by molar-refractivity contribution is -0.167. The Morgan fingerprint density at radius 3 is 0.912 bits per heavy atom. The fraction of sp³-hybridized carbons (Fsp3) is 0.758. The molecule has 0 aromatic carbocycles. The second-order valence-electron chi connectivity index (χ2n) is 19.2. The molecule has 0 aliphatic carbocycles. The van der Waals surface area contributed by atoms with Crippen LogP contribution in [0.25, 0.3) is 0 Å². The van der Waals surface area contributed by atoms with Crippen molar-refractivity contribution in [3.8, 4) is 0 Å². The first-order chi connectivity index (χ1) is 33.5. The highest BCUT2D eigenvalue weighted by Gasteiger charge is 2.19. The molecule has 392 valence electrons. The Bertz CT molecular complexity index is 1270. The second-order valence-corrected chi connectivity index (χ2v) is 19.2. The lowest BCUT2D eigenvalue weighted by Crippen LogP contribution is -2.30. The first-order valence-electron chi connectivity index (χ1n) is 28.9. The summed E-state index contributed by atoms with van der Waals surface area (Å²) in [5.41, 5.74) is 0. The third-order valence-corrected chi connectivity index (χ3v) is 12.4.